The molecule has 1 N–H and O–H groups in total. The fraction of sp³-hybridized carbons (Fsp3) is 0.385. The second-order valence-corrected chi connectivity index (χ2v) is 3.81. The molecule has 1 nitrogen and oxygen atoms in total. The Balaban J connectivity index is 2.83. The minimum Gasteiger partial charge on any atom is -0.313 e. The molecular formula is C13H19N. The quantitative estimate of drug-likeness (QED) is 0.718. The van der Waals surface area contributed by atoms with Crippen LogP contribution >= 0.6 is 0 Å². The van der Waals surface area contributed by atoms with Crippen LogP contribution < -0.4 is 5.32 Å². The van der Waals surface area contributed by atoms with Crippen molar-refractivity contribution < 1.29 is 0 Å². The zero-order valence-corrected chi connectivity index (χ0v) is 9.25. The van der Waals surface area contributed by atoms with Crippen LogP contribution in [0.5, 0.6) is 0 Å². The molecule has 1 heteroatoms. The van der Waals surface area contributed by atoms with E-state index in [4.69, 9.17) is 0 Å². The molecule has 2 unspecified atom stereocenters. The highest BCUT2D eigenvalue weighted by Gasteiger charge is 2.16. The number of nitrogens with one attached hydrogen (secondary N) is 1. The van der Waals surface area contributed by atoms with E-state index in [1.807, 2.05) is 13.1 Å². The molecule has 0 aliphatic heterocycles. The highest BCUT2D eigenvalue weighted by Crippen LogP contribution is 2.22. The summed E-state index contributed by atoms with van der Waals surface area (Å²) in [7, 11) is 1.98. The number of rotatable bonds is 4. The molecule has 0 aromatic heterocycles. The van der Waals surface area contributed by atoms with Crippen molar-refractivity contribution in [2.75, 3.05) is 7.05 Å². The second-order valence-electron chi connectivity index (χ2n) is 3.81. The van der Waals surface area contributed by atoms with E-state index >= 15 is 0 Å². The summed E-state index contributed by atoms with van der Waals surface area (Å²) in [4.78, 5) is 0. The van der Waals surface area contributed by atoms with Gasteiger partial charge in [0.2, 0.25) is 0 Å². The standard InChI is InChI=1S/C13H19N/c1-10(2)13(14-4)11(3)12-8-6-5-7-9-12/h5-9,11,13-14H,1H2,2-4H3. The van der Waals surface area contributed by atoms with Gasteiger partial charge in [0.15, 0.2) is 0 Å². The molecule has 0 saturated heterocycles. The normalized spacial score (nSPS) is 14.8. The Morgan fingerprint density at radius 2 is 1.86 bits per heavy atom. The fourth-order valence-electron chi connectivity index (χ4n) is 1.87. The number of likely N-dealkylation sites (N-methyl/N-ethyl adjacent to an activating group) is 1. The van der Waals surface area contributed by atoms with Gasteiger partial charge in [-0.2, -0.15) is 0 Å². The highest BCUT2D eigenvalue weighted by molar-refractivity contribution is 5.24. The smallest absolute Gasteiger partial charge is 0.0338 e. The van der Waals surface area contributed by atoms with Crippen LogP contribution in [0, 0.1) is 0 Å². The molecule has 0 amide bonds. The lowest BCUT2D eigenvalue weighted by molar-refractivity contribution is 0.547. The molecule has 1 aromatic carbocycles. The SMILES string of the molecule is C=C(C)C(NC)C(C)c1ccccc1. The van der Waals surface area contributed by atoms with Crippen molar-refractivity contribution in [1.82, 2.24) is 5.32 Å². The topological polar surface area (TPSA) is 12.0 Å². The van der Waals surface area contributed by atoms with Crippen LogP contribution in [0.1, 0.15) is 25.3 Å². The lowest BCUT2D eigenvalue weighted by Gasteiger charge is -2.24. The summed E-state index contributed by atoms with van der Waals surface area (Å²) in [5.41, 5.74) is 2.54. The van der Waals surface area contributed by atoms with E-state index in [1.54, 1.807) is 0 Å². The first-order valence-corrected chi connectivity index (χ1v) is 5.04. The maximum Gasteiger partial charge on any atom is 0.0338 e. The molecule has 76 valence electrons. The first-order valence-electron chi connectivity index (χ1n) is 5.04. The summed E-state index contributed by atoms with van der Waals surface area (Å²) in [5.74, 6) is 0.471. The summed E-state index contributed by atoms with van der Waals surface area (Å²) >= 11 is 0. The molecule has 0 saturated carbocycles. The Morgan fingerprint density at radius 3 is 2.29 bits per heavy atom. The second kappa shape index (κ2) is 4.97. The first kappa shape index (κ1) is 11.0. The van der Waals surface area contributed by atoms with E-state index in [0.29, 0.717) is 12.0 Å². The van der Waals surface area contributed by atoms with E-state index in [-0.39, 0.29) is 0 Å². The van der Waals surface area contributed by atoms with Crippen LogP contribution in [0.15, 0.2) is 42.5 Å². The summed E-state index contributed by atoms with van der Waals surface area (Å²) in [5, 5.41) is 3.30. The Morgan fingerprint density at radius 1 is 1.29 bits per heavy atom. The van der Waals surface area contributed by atoms with E-state index in [9.17, 15) is 0 Å². The zero-order chi connectivity index (χ0) is 10.6. The minimum absolute atomic E-state index is 0.359. The zero-order valence-electron chi connectivity index (χ0n) is 9.25. The molecule has 0 radical (unpaired) electrons. The number of benzene rings is 1. The third kappa shape index (κ3) is 2.46. The Bertz CT molecular complexity index is 289. The van der Waals surface area contributed by atoms with Gasteiger partial charge < -0.3 is 5.32 Å². The lowest BCUT2D eigenvalue weighted by Crippen LogP contribution is -2.31. The van der Waals surface area contributed by atoms with Crippen LogP contribution in [0.4, 0.5) is 0 Å². The predicted molar refractivity (Wildman–Crippen MR) is 62.5 cm³/mol. The van der Waals surface area contributed by atoms with E-state index in [2.05, 4.69) is 50.0 Å². The molecule has 14 heavy (non-hydrogen) atoms. The van der Waals surface area contributed by atoms with Crippen molar-refractivity contribution in [2.45, 2.75) is 25.8 Å². The average molecular weight is 189 g/mol. The molecule has 0 heterocycles. The fourth-order valence-corrected chi connectivity index (χ4v) is 1.87. The van der Waals surface area contributed by atoms with Crippen LogP contribution in [0.25, 0.3) is 0 Å². The number of hydrogen-bond donors (Lipinski definition) is 1. The highest BCUT2D eigenvalue weighted by atomic mass is 14.9. The molecule has 1 aromatic rings. The van der Waals surface area contributed by atoms with Crippen molar-refractivity contribution >= 4 is 0 Å². The van der Waals surface area contributed by atoms with Gasteiger partial charge in [0.25, 0.3) is 0 Å². The predicted octanol–water partition coefficient (Wildman–Crippen LogP) is 2.95. The van der Waals surface area contributed by atoms with Gasteiger partial charge in [0.1, 0.15) is 0 Å². The summed E-state index contributed by atoms with van der Waals surface area (Å²) in [6.07, 6.45) is 0. The summed E-state index contributed by atoms with van der Waals surface area (Å²) in [6, 6.07) is 10.9. The van der Waals surface area contributed by atoms with Gasteiger partial charge in [0.05, 0.1) is 0 Å². The van der Waals surface area contributed by atoms with Crippen LogP contribution in [-0.2, 0) is 0 Å². The van der Waals surface area contributed by atoms with Crippen molar-refractivity contribution in [3.63, 3.8) is 0 Å². The van der Waals surface area contributed by atoms with Gasteiger partial charge in [0, 0.05) is 12.0 Å². The van der Waals surface area contributed by atoms with Crippen molar-refractivity contribution in [3.8, 4) is 0 Å². The van der Waals surface area contributed by atoms with Gasteiger partial charge in [-0.05, 0) is 19.5 Å². The van der Waals surface area contributed by atoms with Crippen molar-refractivity contribution in [2.24, 2.45) is 0 Å². The molecule has 0 bridgehead atoms. The first-order chi connectivity index (χ1) is 6.66. The number of hydrogen-bond acceptors (Lipinski definition) is 1. The van der Waals surface area contributed by atoms with Crippen molar-refractivity contribution in [3.05, 3.63) is 48.0 Å². The largest absolute Gasteiger partial charge is 0.313 e. The maximum absolute atomic E-state index is 4.01. The summed E-state index contributed by atoms with van der Waals surface area (Å²) < 4.78 is 0. The third-order valence-electron chi connectivity index (χ3n) is 2.67. The summed E-state index contributed by atoms with van der Waals surface area (Å²) in [6.45, 7) is 8.31. The van der Waals surface area contributed by atoms with Gasteiger partial charge in [-0.15, -0.1) is 0 Å². The van der Waals surface area contributed by atoms with Gasteiger partial charge in [-0.3, -0.25) is 0 Å². The van der Waals surface area contributed by atoms with Crippen LogP contribution in [-0.4, -0.2) is 13.1 Å². The lowest BCUT2D eigenvalue weighted by atomic mass is 9.90. The van der Waals surface area contributed by atoms with E-state index < -0.39 is 0 Å². The molecular weight excluding hydrogens is 170 g/mol. The Labute approximate surface area is 86.8 Å². The van der Waals surface area contributed by atoms with E-state index in [0.717, 1.165) is 0 Å². The average Bonchev–Trinajstić information content (AvgIpc) is 2.19. The Kier molecular flexibility index (Phi) is 3.90. The molecule has 0 aliphatic carbocycles. The van der Waals surface area contributed by atoms with Crippen LogP contribution in [0.2, 0.25) is 0 Å². The van der Waals surface area contributed by atoms with Gasteiger partial charge >= 0.3 is 0 Å². The van der Waals surface area contributed by atoms with Crippen molar-refractivity contribution in [1.29, 1.82) is 0 Å². The molecule has 2 atom stereocenters. The molecule has 0 aliphatic rings. The van der Waals surface area contributed by atoms with Gasteiger partial charge in [-0.25, -0.2) is 0 Å². The molecule has 0 spiro atoms. The molecule has 1 rings (SSSR count). The minimum atomic E-state index is 0.359. The van der Waals surface area contributed by atoms with E-state index in [1.165, 1.54) is 11.1 Å². The maximum atomic E-state index is 4.01. The monoisotopic (exact) mass is 189 g/mol. The van der Waals surface area contributed by atoms with Gasteiger partial charge in [-0.1, -0.05) is 49.4 Å². The van der Waals surface area contributed by atoms with Crippen LogP contribution in [0.3, 0.4) is 0 Å². The molecule has 0 fully saturated rings. The Hall–Kier alpha value is -1.08. The third-order valence-corrected chi connectivity index (χ3v) is 2.67.